The lowest BCUT2D eigenvalue weighted by molar-refractivity contribution is 0.160. The lowest BCUT2D eigenvalue weighted by atomic mass is 9.69. The molecule has 7 heteroatoms. The van der Waals surface area contributed by atoms with E-state index in [9.17, 15) is 5.11 Å². The molecule has 1 aliphatic carbocycles. The third-order valence-corrected chi connectivity index (χ3v) is 10.4. The number of phenols is 1. The van der Waals surface area contributed by atoms with Crippen LogP contribution in [0.1, 0.15) is 85.5 Å². The summed E-state index contributed by atoms with van der Waals surface area (Å²) in [7, 11) is 1.74. The monoisotopic (exact) mass is 629 g/mol. The predicted octanol–water partition coefficient (Wildman–Crippen LogP) is 7.62. The van der Waals surface area contributed by atoms with Crippen molar-refractivity contribution < 1.29 is 9.84 Å². The standard InChI is InChI=1S/C33H44N4O2.C4H9N.C2H6/c1-4-5-10-32(39-3)35-33(37-20-26-15-23-11-12-24(23)16-27(21-37)34-26)29-13-14-36(19-22(29)2)31-18-28(38)17-25-8-6-7-9-30(25)31;1-2-4-5-3-1;1-2/h6-10,17-18,23-24,26-27,34,38H,4-5,11-16,19-21H2,1-3H3;5H,1-4H2;1-2H3/b32-10-,35-33+;;/t23?,24?,26-,27+;;. The molecule has 4 fully saturated rings. The van der Waals surface area contributed by atoms with Gasteiger partial charge in [0.05, 0.1) is 7.11 Å². The number of unbranched alkanes of at least 4 members (excludes halogenated alkanes) is 1. The van der Waals surface area contributed by atoms with Crippen LogP contribution in [-0.4, -0.2) is 74.3 Å². The van der Waals surface area contributed by atoms with Crippen molar-refractivity contribution in [3.8, 4) is 5.75 Å². The fourth-order valence-corrected chi connectivity index (χ4v) is 7.96. The first-order valence-corrected chi connectivity index (χ1v) is 18.2. The second-order valence-electron chi connectivity index (χ2n) is 13.6. The van der Waals surface area contributed by atoms with Crippen LogP contribution in [0.5, 0.6) is 5.75 Å². The minimum Gasteiger partial charge on any atom is -0.508 e. The largest absolute Gasteiger partial charge is 0.508 e. The van der Waals surface area contributed by atoms with Gasteiger partial charge in [-0.2, -0.15) is 4.99 Å². The average Bonchev–Trinajstić information content (AvgIpc) is 3.65. The Morgan fingerprint density at radius 3 is 2.33 bits per heavy atom. The Hall–Kier alpha value is -3.03. The molecule has 3 saturated heterocycles. The zero-order valence-electron chi connectivity index (χ0n) is 29.2. The molecule has 0 spiro atoms. The summed E-state index contributed by atoms with van der Waals surface area (Å²) in [6, 6.07) is 13.2. The number of methoxy groups -OCH3 is 1. The van der Waals surface area contributed by atoms with Gasteiger partial charge in [0.25, 0.3) is 0 Å². The summed E-state index contributed by atoms with van der Waals surface area (Å²) < 4.78 is 5.78. The van der Waals surface area contributed by atoms with Crippen molar-refractivity contribution in [1.82, 2.24) is 15.5 Å². The van der Waals surface area contributed by atoms with E-state index in [1.165, 1.54) is 68.1 Å². The van der Waals surface area contributed by atoms with Crippen molar-refractivity contribution in [2.24, 2.45) is 16.8 Å². The maximum atomic E-state index is 10.5. The van der Waals surface area contributed by atoms with Crippen molar-refractivity contribution in [3.63, 3.8) is 0 Å². The molecular weight excluding hydrogens is 570 g/mol. The van der Waals surface area contributed by atoms with Crippen LogP contribution in [0.25, 0.3) is 10.8 Å². The molecule has 1 saturated carbocycles. The number of nitrogens with zero attached hydrogens (tertiary/aromatic N) is 3. The van der Waals surface area contributed by atoms with E-state index in [-0.39, 0.29) is 0 Å². The second kappa shape index (κ2) is 16.7. The molecule has 7 nitrogen and oxygen atoms in total. The highest BCUT2D eigenvalue weighted by atomic mass is 16.5. The number of rotatable bonds is 6. The Morgan fingerprint density at radius 2 is 1.74 bits per heavy atom. The Labute approximate surface area is 278 Å². The highest BCUT2D eigenvalue weighted by molar-refractivity contribution is 6.01. The number of piperazine rings is 1. The van der Waals surface area contributed by atoms with Gasteiger partial charge in [-0.3, -0.25) is 0 Å². The molecule has 2 unspecified atom stereocenters. The molecule has 0 amide bonds. The molecule has 252 valence electrons. The Morgan fingerprint density at radius 1 is 1.04 bits per heavy atom. The first-order valence-electron chi connectivity index (χ1n) is 18.2. The van der Waals surface area contributed by atoms with Crippen molar-refractivity contribution in [3.05, 3.63) is 59.5 Å². The summed E-state index contributed by atoms with van der Waals surface area (Å²) in [6.45, 7) is 14.7. The molecule has 2 aromatic rings. The number of hydrogen-bond acceptors (Lipinski definition) is 6. The third kappa shape index (κ3) is 8.27. The summed E-state index contributed by atoms with van der Waals surface area (Å²) in [5.74, 6) is 3.99. The number of benzene rings is 2. The first-order chi connectivity index (χ1) is 22.5. The van der Waals surface area contributed by atoms with Crippen LogP contribution in [0.15, 0.2) is 64.5 Å². The van der Waals surface area contributed by atoms with Gasteiger partial charge in [0.15, 0.2) is 0 Å². The number of anilines is 1. The fourth-order valence-electron chi connectivity index (χ4n) is 7.96. The van der Waals surface area contributed by atoms with Gasteiger partial charge in [-0.1, -0.05) is 51.5 Å². The van der Waals surface area contributed by atoms with Crippen LogP contribution in [-0.2, 0) is 4.74 Å². The first kappa shape index (κ1) is 34.3. The van der Waals surface area contributed by atoms with Gasteiger partial charge in [0, 0.05) is 55.4 Å². The number of allylic oxidation sites excluding steroid dienone is 1. The number of phenolic OH excluding ortho intramolecular Hbond substituents is 1. The van der Waals surface area contributed by atoms with Crippen LogP contribution < -0.4 is 15.5 Å². The summed E-state index contributed by atoms with van der Waals surface area (Å²) in [4.78, 5) is 10.2. The molecule has 0 radical (unpaired) electrons. The van der Waals surface area contributed by atoms with E-state index in [2.05, 4.69) is 58.6 Å². The molecule has 0 aromatic heterocycles. The molecule has 3 N–H and O–H groups in total. The van der Waals surface area contributed by atoms with Gasteiger partial charge < -0.3 is 30.3 Å². The predicted molar refractivity (Wildman–Crippen MR) is 194 cm³/mol. The van der Waals surface area contributed by atoms with E-state index in [4.69, 9.17) is 9.73 Å². The molecule has 2 bridgehead atoms. The molecule has 4 aliphatic heterocycles. The van der Waals surface area contributed by atoms with Crippen molar-refractivity contribution in [2.75, 3.05) is 51.3 Å². The highest BCUT2D eigenvalue weighted by Gasteiger charge is 2.42. The number of hydrogen-bond donors (Lipinski definition) is 3. The molecule has 5 aliphatic rings. The molecule has 46 heavy (non-hydrogen) atoms. The van der Waals surface area contributed by atoms with Gasteiger partial charge in [-0.05, 0) is 112 Å². The van der Waals surface area contributed by atoms with Crippen LogP contribution in [0, 0.1) is 11.8 Å². The number of aliphatic imine (C=N–C) groups is 1. The topological polar surface area (TPSA) is 72.4 Å². The fraction of sp³-hybridized carbons (Fsp3) is 0.615. The number of nitrogens with one attached hydrogen (secondary N) is 2. The van der Waals surface area contributed by atoms with Gasteiger partial charge in [-0.15, -0.1) is 0 Å². The average molecular weight is 630 g/mol. The second-order valence-corrected chi connectivity index (χ2v) is 13.6. The summed E-state index contributed by atoms with van der Waals surface area (Å²) >= 11 is 0. The Bertz CT molecular complexity index is 1350. The van der Waals surface area contributed by atoms with Crippen LogP contribution >= 0.6 is 0 Å². The molecule has 7 rings (SSSR count). The van der Waals surface area contributed by atoms with E-state index in [0.29, 0.717) is 17.8 Å². The van der Waals surface area contributed by atoms with E-state index < -0.39 is 0 Å². The van der Waals surface area contributed by atoms with Gasteiger partial charge in [0.1, 0.15) is 11.6 Å². The van der Waals surface area contributed by atoms with E-state index >= 15 is 0 Å². The van der Waals surface area contributed by atoms with E-state index in [1.54, 1.807) is 7.11 Å². The van der Waals surface area contributed by atoms with Crippen molar-refractivity contribution >= 4 is 22.3 Å². The summed E-state index contributed by atoms with van der Waals surface area (Å²) in [6.07, 6.45) is 13.3. The number of fused-ring (bicyclic) bond motifs is 4. The van der Waals surface area contributed by atoms with E-state index in [0.717, 1.165) is 80.1 Å². The number of amidine groups is 1. The lowest BCUT2D eigenvalue weighted by Crippen LogP contribution is -2.57. The Balaban J connectivity index is 0.000000536. The Kier molecular flexibility index (Phi) is 12.4. The van der Waals surface area contributed by atoms with Crippen LogP contribution in [0.4, 0.5) is 5.69 Å². The van der Waals surface area contributed by atoms with E-state index in [1.807, 2.05) is 32.0 Å². The van der Waals surface area contributed by atoms with Crippen LogP contribution in [0.2, 0.25) is 0 Å². The van der Waals surface area contributed by atoms with Gasteiger partial charge in [-0.25, -0.2) is 0 Å². The molecule has 2 aromatic carbocycles. The highest BCUT2D eigenvalue weighted by Crippen LogP contribution is 2.44. The number of ether oxygens (including phenoxy) is 1. The molecular formula is C39H59N5O2. The minimum absolute atomic E-state index is 0.321. The lowest BCUT2D eigenvalue weighted by Gasteiger charge is -2.41. The van der Waals surface area contributed by atoms with Gasteiger partial charge >= 0.3 is 0 Å². The zero-order valence-corrected chi connectivity index (χ0v) is 29.2. The maximum Gasteiger partial charge on any atom is 0.210 e. The summed E-state index contributed by atoms with van der Waals surface area (Å²) in [5, 5.41) is 19.9. The normalized spacial score (nSPS) is 26.3. The van der Waals surface area contributed by atoms with Crippen LogP contribution in [0.3, 0.4) is 0 Å². The minimum atomic E-state index is 0.321. The quantitative estimate of drug-likeness (QED) is 0.174. The maximum absolute atomic E-state index is 10.5. The van der Waals surface area contributed by atoms with Crippen molar-refractivity contribution in [2.45, 2.75) is 97.6 Å². The smallest absolute Gasteiger partial charge is 0.210 e. The zero-order chi connectivity index (χ0) is 32.5. The third-order valence-electron chi connectivity index (χ3n) is 10.4. The molecule has 4 heterocycles. The van der Waals surface area contributed by atoms with Gasteiger partial charge in [0.2, 0.25) is 5.88 Å². The SMILES string of the molecule is C1CCNC1.CC.CCC/C=C(/N=C(\C1=C(C)CN(c2cc(O)cc3ccccc23)CC1)N1C[C@H]2CC3CCC3C[C@@H](C1)N2)OC. The number of aromatic hydroxyl groups is 1. The van der Waals surface area contributed by atoms with Crippen molar-refractivity contribution in [1.29, 1.82) is 0 Å². The summed E-state index contributed by atoms with van der Waals surface area (Å²) in [5.41, 5.74) is 3.81. The molecule has 4 atom stereocenters.